The molecule has 16 aromatic carbocycles. The van der Waals surface area contributed by atoms with Gasteiger partial charge < -0.3 is 9.80 Å². The maximum atomic E-state index is 2.54. The highest BCUT2D eigenvalue weighted by Gasteiger charge is 2.42. The molecule has 0 radical (unpaired) electrons. The Hall–Kier alpha value is -12.4. The molecule has 21 rings (SSSR count). The van der Waals surface area contributed by atoms with Gasteiger partial charge in [0.2, 0.25) is 0 Å². The van der Waals surface area contributed by atoms with Crippen molar-refractivity contribution in [1.82, 2.24) is 0 Å². The fourth-order valence-corrected chi connectivity index (χ4v) is 20.3. The van der Waals surface area contributed by atoms with Crippen LogP contribution in [0.5, 0.6) is 0 Å². The van der Waals surface area contributed by atoms with Crippen LogP contribution in [0.15, 0.2) is 303 Å². The Labute approximate surface area is 640 Å². The lowest BCUT2D eigenvalue weighted by Crippen LogP contribution is -2.18. The van der Waals surface area contributed by atoms with Gasteiger partial charge in [0.25, 0.3) is 0 Å². The molecule has 109 heavy (non-hydrogen) atoms. The Morgan fingerprint density at radius 1 is 0.183 bits per heavy atom. The zero-order chi connectivity index (χ0) is 73.8. The monoisotopic (exact) mass is 1400 g/mol. The molecule has 0 aromatic heterocycles. The highest BCUT2D eigenvalue weighted by molar-refractivity contribution is 6.16. The van der Waals surface area contributed by atoms with E-state index in [1.54, 1.807) is 0 Å². The summed E-state index contributed by atoms with van der Waals surface area (Å²) in [6.07, 6.45) is 9.27. The highest BCUT2D eigenvalue weighted by Crippen LogP contribution is 2.58. The van der Waals surface area contributed by atoms with Crippen LogP contribution in [-0.4, -0.2) is 0 Å². The number of rotatable bonds is 10. The molecule has 5 aliphatic carbocycles. The highest BCUT2D eigenvalue weighted by atomic mass is 15.2. The van der Waals surface area contributed by atoms with Gasteiger partial charge in [-0.2, -0.15) is 0 Å². The van der Waals surface area contributed by atoms with Crippen LogP contribution >= 0.6 is 0 Å². The fourth-order valence-electron chi connectivity index (χ4n) is 20.3. The minimum atomic E-state index is -0.256. The van der Waals surface area contributed by atoms with Crippen LogP contribution in [-0.2, 0) is 27.1 Å². The number of hydrogen-bond acceptors (Lipinski definition) is 2. The number of hydrogen-bond donors (Lipinski definition) is 0. The molecule has 0 N–H and O–H groups in total. The molecular weight excluding hydrogens is 1310 g/mol. The smallest absolute Gasteiger partial charge is 0.0546 e. The van der Waals surface area contributed by atoms with Crippen LogP contribution in [0.25, 0.3) is 123 Å². The van der Waals surface area contributed by atoms with Crippen molar-refractivity contribution in [2.75, 3.05) is 9.80 Å². The predicted molar refractivity (Wildman–Crippen MR) is 464 cm³/mol. The minimum absolute atomic E-state index is 0.144. The standard InChI is InChI=1S/C107H84N2/c1-103(2)91-33-21-19-29-79(91)85-51-43-71(61-97(85)103)108(101-59-69-23-11-13-25-75(69)77-27-15-17-31-89(77)101)73-45-53-87-83-49-41-67(57-95(83)106(7,8)99(87)63-73)37-35-65-39-47-81-82-48-40-66(56-94(82)105(5,6)93(81)55-65)36-38-68-42-50-84-88-54-46-74(64-100(88)107(9,10)96(84)58-68)109(102-60-70-24-12-14-26-76(70)78-28-16-18-32-90(78)102)72-44-52-86-80-30-20-22-34-92(80)104(3,4)98(86)62-72/h11-64H,1-10H3. The number of anilines is 6. The molecule has 0 atom stereocenters. The molecule has 16 aromatic rings. The third-order valence-corrected chi connectivity index (χ3v) is 26.2. The Morgan fingerprint density at radius 2 is 0.404 bits per heavy atom. The summed E-state index contributed by atoms with van der Waals surface area (Å²) in [5.74, 6) is 0. The van der Waals surface area contributed by atoms with E-state index >= 15 is 0 Å². The Kier molecular flexibility index (Phi) is 13.9. The van der Waals surface area contributed by atoms with E-state index in [9.17, 15) is 0 Å². The molecule has 0 amide bonds. The second-order valence-corrected chi connectivity index (χ2v) is 34.0. The van der Waals surface area contributed by atoms with E-state index in [1.807, 2.05) is 0 Å². The molecule has 0 saturated heterocycles. The van der Waals surface area contributed by atoms with Gasteiger partial charge in [-0.1, -0.05) is 336 Å². The molecule has 0 unspecified atom stereocenters. The van der Waals surface area contributed by atoms with Gasteiger partial charge in [0.1, 0.15) is 0 Å². The quantitative estimate of drug-likeness (QED) is 0.0995. The largest absolute Gasteiger partial charge is 0.310 e. The number of nitrogens with zero attached hydrogens (tertiary/aromatic N) is 2. The molecular formula is C107H84N2. The van der Waals surface area contributed by atoms with Crippen LogP contribution in [0.4, 0.5) is 34.1 Å². The first kappa shape index (κ1) is 65.0. The lowest BCUT2D eigenvalue weighted by Gasteiger charge is -2.31. The van der Waals surface area contributed by atoms with Crippen molar-refractivity contribution >= 4 is 102 Å². The SMILES string of the molecule is CC1(C)c2cc(C=Cc3ccc4c(c3)C(C)(C)c3cc(N(c5ccc6c(c5)C(C)(C)c5ccccc5-6)c5cc6ccccc6c6ccccc56)ccc3-4)ccc2-c2ccc(C=Cc3ccc4c(c3)C(C)(C)c3cc(N(c5ccc6c(c5)C(C)(C)c5ccccc5-6)c5cc6ccccc6c6ccccc56)ccc3-4)cc21. The summed E-state index contributed by atoms with van der Waals surface area (Å²) < 4.78 is 0. The van der Waals surface area contributed by atoms with Crippen molar-refractivity contribution in [2.45, 2.75) is 96.3 Å². The summed E-state index contributed by atoms with van der Waals surface area (Å²) in [7, 11) is 0. The van der Waals surface area contributed by atoms with Gasteiger partial charge >= 0.3 is 0 Å². The van der Waals surface area contributed by atoms with Crippen molar-refractivity contribution in [3.8, 4) is 55.6 Å². The van der Waals surface area contributed by atoms with Crippen LogP contribution in [0.3, 0.4) is 0 Å². The average molecular weight is 1400 g/mol. The van der Waals surface area contributed by atoms with Crippen molar-refractivity contribution in [3.05, 3.63) is 381 Å². The van der Waals surface area contributed by atoms with Crippen molar-refractivity contribution < 1.29 is 0 Å². The fraction of sp³-hybridized carbons (Fsp3) is 0.140. The molecule has 2 heteroatoms. The Morgan fingerprint density at radius 3 is 0.706 bits per heavy atom. The summed E-state index contributed by atoms with van der Waals surface area (Å²) in [5, 5.41) is 9.97. The third-order valence-electron chi connectivity index (χ3n) is 26.2. The first-order chi connectivity index (χ1) is 52.8. The Bertz CT molecular complexity index is 6310. The first-order valence-corrected chi connectivity index (χ1v) is 38.9. The van der Waals surface area contributed by atoms with Gasteiger partial charge in [-0.15, -0.1) is 0 Å². The zero-order valence-corrected chi connectivity index (χ0v) is 63.6. The lowest BCUT2D eigenvalue weighted by molar-refractivity contribution is 0.659. The second-order valence-electron chi connectivity index (χ2n) is 34.0. The summed E-state index contributed by atoms with van der Waals surface area (Å²) in [6.45, 7) is 24.0. The summed E-state index contributed by atoms with van der Waals surface area (Å²) in [6, 6.07) is 116. The van der Waals surface area contributed by atoms with E-state index in [0.717, 1.165) is 22.7 Å². The van der Waals surface area contributed by atoms with Gasteiger partial charge in [-0.25, -0.2) is 0 Å². The predicted octanol–water partition coefficient (Wildman–Crippen LogP) is 29.1. The van der Waals surface area contributed by atoms with Gasteiger partial charge in [-0.05, 0) is 227 Å². The molecule has 2 nitrogen and oxygen atoms in total. The topological polar surface area (TPSA) is 6.48 Å². The molecule has 0 saturated carbocycles. The summed E-state index contributed by atoms with van der Waals surface area (Å²) in [4.78, 5) is 5.07. The third kappa shape index (κ3) is 9.59. The van der Waals surface area contributed by atoms with E-state index in [2.05, 4.69) is 407 Å². The van der Waals surface area contributed by atoms with Gasteiger partial charge in [0.05, 0.1) is 11.4 Å². The second kappa shape index (κ2) is 23.3. The molecule has 0 spiro atoms. The van der Waals surface area contributed by atoms with Crippen LogP contribution in [0.1, 0.15) is 147 Å². The van der Waals surface area contributed by atoms with Crippen LogP contribution in [0, 0.1) is 0 Å². The normalized spacial score (nSPS) is 15.5. The van der Waals surface area contributed by atoms with Crippen molar-refractivity contribution in [1.29, 1.82) is 0 Å². The molecule has 5 aliphatic rings. The minimum Gasteiger partial charge on any atom is -0.310 e. The average Bonchev–Trinajstić information content (AvgIpc) is 1.34. The van der Waals surface area contributed by atoms with E-state index in [4.69, 9.17) is 0 Å². The van der Waals surface area contributed by atoms with Crippen molar-refractivity contribution in [2.24, 2.45) is 0 Å². The van der Waals surface area contributed by atoms with Crippen LogP contribution < -0.4 is 9.80 Å². The molecule has 0 bridgehead atoms. The first-order valence-electron chi connectivity index (χ1n) is 38.9. The molecule has 522 valence electrons. The van der Waals surface area contributed by atoms with E-state index in [-0.39, 0.29) is 27.1 Å². The van der Waals surface area contributed by atoms with Gasteiger partial charge in [0.15, 0.2) is 0 Å². The van der Waals surface area contributed by atoms with Crippen LogP contribution in [0.2, 0.25) is 0 Å². The lowest BCUT2D eigenvalue weighted by atomic mass is 9.81. The molecule has 0 fully saturated rings. The van der Waals surface area contributed by atoms with E-state index in [1.165, 1.54) is 188 Å². The maximum absolute atomic E-state index is 2.54. The number of benzene rings is 16. The Balaban J connectivity index is 0.555. The van der Waals surface area contributed by atoms with E-state index < -0.39 is 0 Å². The zero-order valence-electron chi connectivity index (χ0n) is 63.6. The number of fused-ring (bicyclic) bond motifs is 21. The molecule has 0 aliphatic heterocycles. The van der Waals surface area contributed by atoms with Gasteiger partial charge in [0, 0.05) is 60.6 Å². The van der Waals surface area contributed by atoms with E-state index in [0.29, 0.717) is 0 Å². The van der Waals surface area contributed by atoms with Crippen molar-refractivity contribution in [3.63, 3.8) is 0 Å². The van der Waals surface area contributed by atoms with Gasteiger partial charge in [-0.3, -0.25) is 0 Å². The molecule has 0 heterocycles. The summed E-state index contributed by atoms with van der Waals surface area (Å²) >= 11 is 0. The maximum Gasteiger partial charge on any atom is 0.0546 e. The summed E-state index contributed by atoms with van der Waals surface area (Å²) in [5.41, 5.74) is 37.6.